The van der Waals surface area contributed by atoms with Crippen LogP contribution >= 0.6 is 0 Å². The summed E-state index contributed by atoms with van der Waals surface area (Å²) in [7, 11) is 0. The Morgan fingerprint density at radius 2 is 1.14 bits per heavy atom. The Labute approximate surface area is 254 Å². The minimum atomic E-state index is -0.471. The highest BCUT2D eigenvalue weighted by Crippen LogP contribution is 2.41. The third-order valence-corrected chi connectivity index (χ3v) is 8.29. The number of rotatable bonds is 17. The molecule has 0 radical (unpaired) electrons. The van der Waals surface area contributed by atoms with E-state index in [1.165, 1.54) is 18.9 Å². The summed E-state index contributed by atoms with van der Waals surface area (Å²) in [5.41, 5.74) is 0.380. The predicted molar refractivity (Wildman–Crippen MR) is 160 cm³/mol. The molecule has 0 amide bonds. The van der Waals surface area contributed by atoms with Crippen LogP contribution in [0.3, 0.4) is 0 Å². The predicted octanol–water partition coefficient (Wildman–Crippen LogP) is 6.15. The smallest absolute Gasteiger partial charge is 0.338 e. The summed E-state index contributed by atoms with van der Waals surface area (Å²) in [4.78, 5) is 47.1. The lowest BCUT2D eigenvalue weighted by Gasteiger charge is -2.37. The number of esters is 4. The van der Waals surface area contributed by atoms with Crippen molar-refractivity contribution in [3.8, 4) is 5.75 Å². The van der Waals surface area contributed by atoms with E-state index >= 15 is 0 Å². The third-order valence-electron chi connectivity index (χ3n) is 8.29. The van der Waals surface area contributed by atoms with Crippen LogP contribution < -0.4 is 4.74 Å². The topological polar surface area (TPSA) is 114 Å². The summed E-state index contributed by atoms with van der Waals surface area (Å²) in [5.74, 6) is 0.149. The average molecular weight is 599 g/mol. The molecule has 3 rings (SSSR count). The van der Waals surface area contributed by atoms with Gasteiger partial charge in [-0.05, 0) is 113 Å². The van der Waals surface area contributed by atoms with Crippen LogP contribution in [0.2, 0.25) is 0 Å². The van der Waals surface area contributed by atoms with Gasteiger partial charge in [-0.15, -0.1) is 0 Å². The van der Waals surface area contributed by atoms with Crippen molar-refractivity contribution in [1.82, 2.24) is 0 Å². The first-order valence-electron chi connectivity index (χ1n) is 15.6. The van der Waals surface area contributed by atoms with Gasteiger partial charge in [0.2, 0.25) is 0 Å². The fourth-order valence-corrected chi connectivity index (χ4v) is 5.78. The SMILES string of the molecule is C=CC(=O)OCCCCOC(=O)c1ccc(OC(=O)C2CCC(C3CCC(OCCCCOC(=O)C=C)CC3)CC2)cc1. The van der Waals surface area contributed by atoms with Crippen LogP contribution in [0.15, 0.2) is 49.6 Å². The minimum absolute atomic E-state index is 0.0999. The molecule has 2 fully saturated rings. The molecule has 9 heteroatoms. The molecule has 1 aromatic carbocycles. The molecule has 0 atom stereocenters. The van der Waals surface area contributed by atoms with Crippen LogP contribution in [0, 0.1) is 17.8 Å². The maximum absolute atomic E-state index is 12.8. The van der Waals surface area contributed by atoms with Gasteiger partial charge >= 0.3 is 23.9 Å². The van der Waals surface area contributed by atoms with E-state index in [1.807, 2.05) is 0 Å². The second-order valence-corrected chi connectivity index (χ2v) is 11.3. The van der Waals surface area contributed by atoms with Crippen molar-refractivity contribution in [3.05, 3.63) is 55.1 Å². The van der Waals surface area contributed by atoms with Crippen molar-refractivity contribution < 1.29 is 42.9 Å². The van der Waals surface area contributed by atoms with Gasteiger partial charge < -0.3 is 23.7 Å². The normalized spacial score (nSPS) is 21.7. The van der Waals surface area contributed by atoms with Gasteiger partial charge in [0.25, 0.3) is 0 Å². The maximum atomic E-state index is 12.8. The Morgan fingerprint density at radius 1 is 0.651 bits per heavy atom. The molecular formula is C34H46O9. The lowest BCUT2D eigenvalue weighted by atomic mass is 9.70. The van der Waals surface area contributed by atoms with Gasteiger partial charge in [-0.3, -0.25) is 4.79 Å². The van der Waals surface area contributed by atoms with Crippen LogP contribution in [0.5, 0.6) is 5.75 Å². The Bertz CT molecular complexity index is 1050. The molecule has 236 valence electrons. The molecule has 9 nitrogen and oxygen atoms in total. The molecule has 0 unspecified atom stereocenters. The van der Waals surface area contributed by atoms with E-state index in [2.05, 4.69) is 13.2 Å². The molecule has 0 N–H and O–H groups in total. The highest BCUT2D eigenvalue weighted by molar-refractivity contribution is 5.89. The zero-order chi connectivity index (χ0) is 30.9. The van der Waals surface area contributed by atoms with Crippen molar-refractivity contribution in [1.29, 1.82) is 0 Å². The van der Waals surface area contributed by atoms with Crippen molar-refractivity contribution in [2.45, 2.75) is 83.2 Å². The molecule has 0 aromatic heterocycles. The summed E-state index contributed by atoms with van der Waals surface area (Å²) in [6.45, 7) is 8.28. The molecule has 0 bridgehead atoms. The molecule has 0 heterocycles. The molecule has 1 aromatic rings. The summed E-state index contributed by atoms with van der Waals surface area (Å²) < 4.78 is 26.8. The number of carbonyl (C=O) groups excluding carboxylic acids is 4. The lowest BCUT2D eigenvalue weighted by Crippen LogP contribution is -2.31. The van der Waals surface area contributed by atoms with Gasteiger partial charge in [0.1, 0.15) is 5.75 Å². The van der Waals surface area contributed by atoms with Crippen molar-refractivity contribution in [3.63, 3.8) is 0 Å². The Morgan fingerprint density at radius 3 is 1.67 bits per heavy atom. The molecule has 43 heavy (non-hydrogen) atoms. The number of unbranched alkanes of at least 4 members (excludes halogenated alkanes) is 2. The van der Waals surface area contributed by atoms with E-state index in [9.17, 15) is 19.2 Å². The number of hydrogen-bond donors (Lipinski definition) is 0. The van der Waals surface area contributed by atoms with Gasteiger partial charge in [-0.2, -0.15) is 0 Å². The number of benzene rings is 1. The molecule has 2 aliphatic carbocycles. The van der Waals surface area contributed by atoms with Gasteiger partial charge in [-0.1, -0.05) is 13.2 Å². The lowest BCUT2D eigenvalue weighted by molar-refractivity contribution is -0.141. The highest BCUT2D eigenvalue weighted by Gasteiger charge is 2.33. The first kappa shape index (κ1) is 34.0. The molecule has 2 aliphatic rings. The van der Waals surface area contributed by atoms with E-state index in [4.69, 9.17) is 23.7 Å². The molecule has 2 saturated carbocycles. The monoisotopic (exact) mass is 598 g/mol. The van der Waals surface area contributed by atoms with E-state index in [0.29, 0.717) is 55.3 Å². The summed E-state index contributed by atoms with van der Waals surface area (Å²) in [6.07, 6.45) is 13.7. The fraction of sp³-hybridized carbons (Fsp3) is 0.588. The summed E-state index contributed by atoms with van der Waals surface area (Å²) in [6, 6.07) is 6.42. The number of hydrogen-bond acceptors (Lipinski definition) is 9. The van der Waals surface area contributed by atoms with Crippen LogP contribution in [0.25, 0.3) is 0 Å². The van der Waals surface area contributed by atoms with Gasteiger partial charge in [-0.25, -0.2) is 14.4 Å². The van der Waals surface area contributed by atoms with Crippen LogP contribution in [-0.4, -0.2) is 56.4 Å². The van der Waals surface area contributed by atoms with Crippen molar-refractivity contribution in [2.75, 3.05) is 26.4 Å². The summed E-state index contributed by atoms with van der Waals surface area (Å²) in [5, 5.41) is 0. The Hall–Kier alpha value is -3.46. The van der Waals surface area contributed by atoms with Crippen molar-refractivity contribution >= 4 is 23.9 Å². The number of ether oxygens (including phenoxy) is 5. The van der Waals surface area contributed by atoms with Crippen molar-refractivity contribution in [2.24, 2.45) is 17.8 Å². The highest BCUT2D eigenvalue weighted by atomic mass is 16.5. The number of carbonyl (C=O) groups is 4. The Kier molecular flexibility index (Phi) is 15.0. The van der Waals surface area contributed by atoms with E-state index in [-0.39, 0.29) is 31.1 Å². The molecule has 0 saturated heterocycles. The van der Waals surface area contributed by atoms with Crippen LogP contribution in [-0.2, 0) is 33.3 Å². The fourth-order valence-electron chi connectivity index (χ4n) is 5.78. The summed E-state index contributed by atoms with van der Waals surface area (Å²) >= 11 is 0. The van der Waals surface area contributed by atoms with Crippen LogP contribution in [0.1, 0.15) is 87.4 Å². The minimum Gasteiger partial charge on any atom is -0.463 e. The third kappa shape index (κ3) is 12.4. The average Bonchev–Trinajstić information content (AvgIpc) is 3.04. The quantitative estimate of drug-likeness (QED) is 0.0685. The second kappa shape index (κ2) is 18.9. The maximum Gasteiger partial charge on any atom is 0.338 e. The molecular weight excluding hydrogens is 552 g/mol. The molecule has 0 spiro atoms. The first-order valence-corrected chi connectivity index (χ1v) is 15.6. The molecule has 0 aliphatic heterocycles. The Balaban J connectivity index is 1.27. The zero-order valence-electron chi connectivity index (χ0n) is 25.2. The zero-order valence-corrected chi connectivity index (χ0v) is 25.2. The standard InChI is InChI=1S/C34H46O9/c1-3-31(35)40-22-6-5-21-39-29-17-13-26(14-18-29)25-9-11-28(12-10-25)34(38)43-30-19-15-27(16-20-30)33(37)42-24-8-7-23-41-32(36)4-2/h3-4,15-16,19-20,25-26,28-29H,1-2,5-14,17-18,21-24H2. The second-order valence-electron chi connectivity index (χ2n) is 11.3. The van der Waals surface area contributed by atoms with E-state index in [1.54, 1.807) is 24.3 Å². The van der Waals surface area contributed by atoms with Gasteiger partial charge in [0.05, 0.1) is 37.4 Å². The van der Waals surface area contributed by atoms with Crippen LogP contribution in [0.4, 0.5) is 0 Å². The largest absolute Gasteiger partial charge is 0.463 e. The van der Waals surface area contributed by atoms with Gasteiger partial charge in [0.15, 0.2) is 0 Å². The first-order chi connectivity index (χ1) is 20.9. The van der Waals surface area contributed by atoms with Gasteiger partial charge in [0, 0.05) is 18.8 Å². The van der Waals surface area contributed by atoms with E-state index < -0.39 is 11.9 Å². The van der Waals surface area contributed by atoms with E-state index in [0.717, 1.165) is 57.4 Å².